The van der Waals surface area contributed by atoms with Gasteiger partial charge in [-0.05, 0) is 53.7 Å². The van der Waals surface area contributed by atoms with Gasteiger partial charge in [-0.3, -0.25) is 0 Å². The van der Waals surface area contributed by atoms with E-state index < -0.39 is 0 Å². The van der Waals surface area contributed by atoms with Crippen LogP contribution in [-0.4, -0.2) is 17.2 Å². The Morgan fingerprint density at radius 1 is 0.778 bits per heavy atom. The Kier molecular flexibility index (Phi) is 5.41. The van der Waals surface area contributed by atoms with E-state index in [-0.39, 0.29) is 6.17 Å². The quantitative estimate of drug-likeness (QED) is 0.495. The van der Waals surface area contributed by atoms with Crippen molar-refractivity contribution in [1.82, 2.24) is 0 Å². The fraction of sp³-hybridized carbons (Fsp3) is 0.0909. The number of aliphatic imine (C=N–C) groups is 2. The second-order valence-electron chi connectivity index (χ2n) is 5.99. The van der Waals surface area contributed by atoms with Crippen LogP contribution in [0.2, 0.25) is 0 Å². The molecule has 0 aromatic heterocycles. The Bertz CT molecular complexity index is 983. The first kappa shape index (κ1) is 18.0. The van der Waals surface area contributed by atoms with Gasteiger partial charge in [0, 0.05) is 15.6 Å². The highest BCUT2D eigenvalue weighted by Gasteiger charge is 2.21. The zero-order valence-electron chi connectivity index (χ0n) is 14.7. The Morgan fingerprint density at radius 2 is 1.37 bits per heavy atom. The highest BCUT2D eigenvalue weighted by molar-refractivity contribution is 9.10. The Morgan fingerprint density at radius 3 is 1.96 bits per heavy atom. The lowest BCUT2D eigenvalue weighted by atomic mass is 10.1. The number of nitrogens with zero attached hydrogens (tertiary/aromatic N) is 2. The summed E-state index contributed by atoms with van der Waals surface area (Å²) in [6.45, 7) is 0. The van der Waals surface area contributed by atoms with E-state index in [0.29, 0.717) is 0 Å². The highest BCUT2D eigenvalue weighted by Crippen LogP contribution is 2.33. The monoisotopic (exact) mass is 436 g/mol. The van der Waals surface area contributed by atoms with Gasteiger partial charge in [0.15, 0.2) is 6.17 Å². The molecule has 5 heteroatoms. The first-order valence-corrected chi connectivity index (χ1v) is 10.1. The van der Waals surface area contributed by atoms with Crippen molar-refractivity contribution in [2.24, 2.45) is 9.98 Å². The first-order chi connectivity index (χ1) is 13.2. The molecule has 1 atom stereocenters. The van der Waals surface area contributed by atoms with E-state index in [1.807, 2.05) is 54.6 Å². The van der Waals surface area contributed by atoms with Crippen LogP contribution in [0.1, 0.15) is 22.9 Å². The molecule has 4 rings (SSSR count). The fourth-order valence-electron chi connectivity index (χ4n) is 2.76. The van der Waals surface area contributed by atoms with Gasteiger partial charge in [-0.15, -0.1) is 0 Å². The summed E-state index contributed by atoms with van der Waals surface area (Å²) in [6.07, 6.45) is -0.258. The molecule has 3 aromatic carbocycles. The SMILES string of the molecule is COc1ccc(C2=N[C@@H](c3ccc(Br)cc3)N=C(c3ccccc3)S2)cc1. The summed E-state index contributed by atoms with van der Waals surface area (Å²) >= 11 is 5.10. The van der Waals surface area contributed by atoms with Gasteiger partial charge in [0.05, 0.1) is 7.11 Å². The average Bonchev–Trinajstić information content (AvgIpc) is 2.74. The van der Waals surface area contributed by atoms with E-state index in [0.717, 1.165) is 37.0 Å². The molecule has 0 fully saturated rings. The topological polar surface area (TPSA) is 34.0 Å². The van der Waals surface area contributed by atoms with Crippen molar-refractivity contribution in [3.8, 4) is 5.75 Å². The zero-order valence-corrected chi connectivity index (χ0v) is 17.1. The maximum absolute atomic E-state index is 5.27. The second kappa shape index (κ2) is 8.11. The normalized spacial score (nSPS) is 16.4. The minimum absolute atomic E-state index is 0.258. The van der Waals surface area contributed by atoms with Gasteiger partial charge in [-0.2, -0.15) is 0 Å². The molecule has 0 bridgehead atoms. The van der Waals surface area contributed by atoms with Crippen molar-refractivity contribution in [3.05, 3.63) is 100 Å². The van der Waals surface area contributed by atoms with Gasteiger partial charge in [0.1, 0.15) is 15.8 Å². The summed E-state index contributed by atoms with van der Waals surface area (Å²) in [4.78, 5) is 9.83. The van der Waals surface area contributed by atoms with Crippen molar-refractivity contribution in [3.63, 3.8) is 0 Å². The molecule has 1 aliphatic rings. The Hall–Kier alpha value is -2.37. The summed E-state index contributed by atoms with van der Waals surface area (Å²) in [5.74, 6) is 0.835. The van der Waals surface area contributed by atoms with E-state index in [4.69, 9.17) is 14.7 Å². The smallest absolute Gasteiger partial charge is 0.167 e. The molecular formula is C22H17BrN2OS. The zero-order chi connectivity index (χ0) is 18.6. The van der Waals surface area contributed by atoms with Crippen LogP contribution in [0.3, 0.4) is 0 Å². The Labute approximate surface area is 171 Å². The van der Waals surface area contributed by atoms with Crippen molar-refractivity contribution in [2.75, 3.05) is 7.11 Å². The van der Waals surface area contributed by atoms with Crippen LogP contribution in [-0.2, 0) is 0 Å². The predicted octanol–water partition coefficient (Wildman–Crippen LogP) is 6.10. The summed E-state index contributed by atoms with van der Waals surface area (Å²) in [5, 5.41) is 1.93. The third kappa shape index (κ3) is 4.15. The number of hydrogen-bond acceptors (Lipinski definition) is 4. The number of thioether (sulfide) groups is 1. The van der Waals surface area contributed by atoms with E-state index in [9.17, 15) is 0 Å². The molecule has 1 aliphatic heterocycles. The van der Waals surface area contributed by atoms with Crippen LogP contribution in [0.25, 0.3) is 0 Å². The van der Waals surface area contributed by atoms with Gasteiger partial charge in [0.2, 0.25) is 0 Å². The molecular weight excluding hydrogens is 420 g/mol. The van der Waals surface area contributed by atoms with Crippen molar-refractivity contribution >= 4 is 37.8 Å². The van der Waals surface area contributed by atoms with Crippen LogP contribution < -0.4 is 4.74 Å². The van der Waals surface area contributed by atoms with Gasteiger partial charge in [0.25, 0.3) is 0 Å². The summed E-state index contributed by atoms with van der Waals surface area (Å²) in [6, 6.07) is 26.4. The molecule has 27 heavy (non-hydrogen) atoms. The maximum Gasteiger partial charge on any atom is 0.167 e. The number of benzene rings is 3. The third-order valence-electron chi connectivity index (χ3n) is 4.20. The molecule has 0 amide bonds. The van der Waals surface area contributed by atoms with Crippen molar-refractivity contribution in [1.29, 1.82) is 0 Å². The van der Waals surface area contributed by atoms with E-state index in [1.165, 1.54) is 0 Å². The lowest BCUT2D eigenvalue weighted by molar-refractivity contribution is 0.415. The van der Waals surface area contributed by atoms with Gasteiger partial charge in [-0.1, -0.05) is 58.4 Å². The summed E-state index contributed by atoms with van der Waals surface area (Å²) in [5.41, 5.74) is 3.23. The fourth-order valence-corrected chi connectivity index (χ4v) is 4.02. The van der Waals surface area contributed by atoms with E-state index in [1.54, 1.807) is 18.9 Å². The summed E-state index contributed by atoms with van der Waals surface area (Å²) in [7, 11) is 1.67. The molecule has 0 N–H and O–H groups in total. The molecule has 1 heterocycles. The van der Waals surface area contributed by atoms with Gasteiger partial charge < -0.3 is 4.74 Å². The molecule has 0 saturated heterocycles. The van der Waals surface area contributed by atoms with E-state index >= 15 is 0 Å². The Balaban J connectivity index is 1.75. The number of hydrogen-bond donors (Lipinski definition) is 0. The van der Waals surface area contributed by atoms with Gasteiger partial charge >= 0.3 is 0 Å². The van der Waals surface area contributed by atoms with Crippen LogP contribution in [0.15, 0.2) is 93.3 Å². The largest absolute Gasteiger partial charge is 0.497 e. The second-order valence-corrected chi connectivity index (χ2v) is 7.88. The number of halogens is 1. The molecule has 0 radical (unpaired) electrons. The highest BCUT2D eigenvalue weighted by atomic mass is 79.9. The van der Waals surface area contributed by atoms with Crippen LogP contribution >= 0.6 is 27.7 Å². The average molecular weight is 437 g/mol. The minimum atomic E-state index is -0.258. The van der Waals surface area contributed by atoms with Crippen molar-refractivity contribution < 1.29 is 4.74 Å². The molecule has 0 aliphatic carbocycles. The van der Waals surface area contributed by atoms with E-state index in [2.05, 4.69) is 40.2 Å². The van der Waals surface area contributed by atoms with Crippen LogP contribution in [0.5, 0.6) is 5.75 Å². The third-order valence-corrected chi connectivity index (χ3v) is 5.80. The van der Waals surface area contributed by atoms with Crippen molar-refractivity contribution in [2.45, 2.75) is 6.17 Å². The predicted molar refractivity (Wildman–Crippen MR) is 117 cm³/mol. The number of methoxy groups -OCH3 is 1. The lowest BCUT2D eigenvalue weighted by Crippen LogP contribution is -2.12. The number of rotatable bonds is 4. The molecule has 0 spiro atoms. The summed E-state index contributed by atoms with van der Waals surface area (Å²) < 4.78 is 6.32. The first-order valence-electron chi connectivity index (χ1n) is 8.52. The maximum atomic E-state index is 5.27. The standard InChI is InChI=1S/C22H17BrN2OS/c1-26-19-13-9-17(10-14-19)22-25-20(15-7-11-18(23)12-8-15)24-21(27-22)16-5-3-2-4-6-16/h2-14,20H,1H3/t20-/m0/s1. The molecule has 0 unspecified atom stereocenters. The molecule has 134 valence electrons. The molecule has 3 aromatic rings. The molecule has 0 saturated carbocycles. The minimum Gasteiger partial charge on any atom is -0.497 e. The van der Waals surface area contributed by atoms with Gasteiger partial charge in [-0.25, -0.2) is 9.98 Å². The number of ether oxygens (including phenoxy) is 1. The van der Waals surface area contributed by atoms with Crippen LogP contribution in [0.4, 0.5) is 0 Å². The molecule has 3 nitrogen and oxygen atoms in total. The lowest BCUT2D eigenvalue weighted by Gasteiger charge is -2.20. The van der Waals surface area contributed by atoms with Crippen LogP contribution in [0, 0.1) is 0 Å².